The van der Waals surface area contributed by atoms with E-state index in [9.17, 15) is 29.8 Å². The summed E-state index contributed by atoms with van der Waals surface area (Å²) in [7, 11) is 0. The molecule has 1 unspecified atom stereocenters. The minimum Gasteiger partial charge on any atom is -0.466 e. The van der Waals surface area contributed by atoms with Gasteiger partial charge in [0.1, 0.15) is 18.5 Å². The second-order valence-corrected chi connectivity index (χ2v) is 11.0. The molecule has 254 valence electrons. The van der Waals surface area contributed by atoms with Gasteiger partial charge in [-0.25, -0.2) is 4.98 Å². The standard InChI is InChI=1S/C32H32N8O9/c1-21-33-28-11-5-10-27(29(41)12-6-18-47-30(42)13-4-7-24(49-40(45)46)20-48-39(43)44)31(28)38(21)19-22-14-16-23(17-15-22)25-8-2-3-9-26(25)32-34-36-37-35-32/h2-3,5,8-11,14-17,24H,4,6-7,12-13,18-20H2,1H3,(H,34,35,36,37). The number of aromatic nitrogens is 6. The fourth-order valence-electron chi connectivity index (χ4n) is 5.43. The van der Waals surface area contributed by atoms with Crippen LogP contribution in [0.5, 0.6) is 0 Å². The summed E-state index contributed by atoms with van der Waals surface area (Å²) in [6.45, 7) is 1.74. The van der Waals surface area contributed by atoms with Gasteiger partial charge < -0.3 is 19.0 Å². The van der Waals surface area contributed by atoms with Crippen molar-refractivity contribution in [2.24, 2.45) is 0 Å². The van der Waals surface area contributed by atoms with Crippen molar-refractivity contribution in [2.75, 3.05) is 13.2 Å². The average Bonchev–Trinajstić information content (AvgIpc) is 3.73. The maximum atomic E-state index is 13.4. The number of tetrazole rings is 1. The lowest BCUT2D eigenvalue weighted by atomic mass is 9.98. The Labute approximate surface area is 278 Å². The van der Waals surface area contributed by atoms with Crippen molar-refractivity contribution < 1.29 is 34.2 Å². The Balaban J connectivity index is 1.17. The van der Waals surface area contributed by atoms with Crippen LogP contribution in [0.15, 0.2) is 66.7 Å². The number of nitrogens with zero attached hydrogens (tertiary/aromatic N) is 7. The summed E-state index contributed by atoms with van der Waals surface area (Å²) >= 11 is 0. The number of aromatic amines is 1. The number of carbonyl (C=O) groups excluding carboxylic acids is 2. The number of hydrogen-bond acceptors (Lipinski definition) is 13. The van der Waals surface area contributed by atoms with Crippen LogP contribution in [0.2, 0.25) is 0 Å². The number of esters is 1. The molecule has 2 aromatic heterocycles. The molecule has 49 heavy (non-hydrogen) atoms. The number of para-hydroxylation sites is 1. The van der Waals surface area contributed by atoms with E-state index in [1.54, 1.807) is 12.1 Å². The predicted molar refractivity (Wildman–Crippen MR) is 172 cm³/mol. The zero-order valence-corrected chi connectivity index (χ0v) is 26.4. The van der Waals surface area contributed by atoms with Gasteiger partial charge in [0.25, 0.3) is 10.2 Å². The highest BCUT2D eigenvalue weighted by molar-refractivity contribution is 6.06. The summed E-state index contributed by atoms with van der Waals surface area (Å²) in [5, 5.41) is 33.2. The average molecular weight is 673 g/mol. The molecule has 0 bridgehead atoms. The van der Waals surface area contributed by atoms with Crippen molar-refractivity contribution in [2.45, 2.75) is 51.7 Å². The second-order valence-electron chi connectivity index (χ2n) is 11.0. The summed E-state index contributed by atoms with van der Waals surface area (Å²) < 4.78 is 7.23. The Hall–Kier alpha value is -6.26. The van der Waals surface area contributed by atoms with Crippen LogP contribution >= 0.6 is 0 Å². The molecule has 1 atom stereocenters. The summed E-state index contributed by atoms with van der Waals surface area (Å²) in [6, 6.07) is 21.3. The maximum Gasteiger partial charge on any atom is 0.305 e. The minimum atomic E-state index is -1.20. The van der Waals surface area contributed by atoms with Crippen LogP contribution in [0.1, 0.15) is 53.8 Å². The quantitative estimate of drug-likeness (QED) is 0.0439. The number of ketones is 1. The molecule has 0 aliphatic heterocycles. The van der Waals surface area contributed by atoms with E-state index in [-0.39, 0.29) is 44.5 Å². The van der Waals surface area contributed by atoms with Gasteiger partial charge in [0, 0.05) is 30.5 Å². The van der Waals surface area contributed by atoms with Crippen molar-refractivity contribution in [3.8, 4) is 22.5 Å². The van der Waals surface area contributed by atoms with Crippen LogP contribution < -0.4 is 0 Å². The molecule has 0 saturated carbocycles. The van der Waals surface area contributed by atoms with E-state index in [0.717, 1.165) is 33.6 Å². The lowest BCUT2D eigenvalue weighted by Gasteiger charge is -2.13. The lowest BCUT2D eigenvalue weighted by Crippen LogP contribution is -2.24. The zero-order chi connectivity index (χ0) is 34.8. The monoisotopic (exact) mass is 672 g/mol. The minimum absolute atomic E-state index is 0.000297. The molecule has 0 fully saturated rings. The Kier molecular flexibility index (Phi) is 11.2. The number of carbonyl (C=O) groups is 2. The fraction of sp³-hybridized carbons (Fsp3) is 0.312. The SMILES string of the molecule is Cc1nc2cccc(C(=O)CCCOC(=O)CCCC(CO[N+](=O)[O-])O[N+](=O)[O-])c2n1Cc1ccc(-c2ccccc2-c2nn[nH]n2)cc1. The van der Waals surface area contributed by atoms with Crippen LogP contribution in [0, 0.1) is 27.2 Å². The Bertz CT molecular complexity index is 1930. The lowest BCUT2D eigenvalue weighted by molar-refractivity contribution is -0.790. The van der Waals surface area contributed by atoms with Gasteiger partial charge >= 0.3 is 5.97 Å². The van der Waals surface area contributed by atoms with Gasteiger partial charge in [0.05, 0.1) is 17.6 Å². The molecule has 0 spiro atoms. The Morgan fingerprint density at radius 2 is 1.71 bits per heavy atom. The molecular formula is C32H32N8O9. The third-order valence-corrected chi connectivity index (χ3v) is 7.70. The maximum absolute atomic E-state index is 13.4. The van der Waals surface area contributed by atoms with Crippen LogP contribution in [-0.2, 0) is 25.8 Å². The first-order chi connectivity index (χ1) is 23.7. The van der Waals surface area contributed by atoms with Gasteiger partial charge in [-0.2, -0.15) is 5.21 Å². The first-order valence-electron chi connectivity index (χ1n) is 15.3. The molecule has 0 radical (unpaired) electrons. The van der Waals surface area contributed by atoms with E-state index < -0.39 is 28.9 Å². The Morgan fingerprint density at radius 3 is 2.43 bits per heavy atom. The first kappa shape index (κ1) is 34.1. The number of fused-ring (bicyclic) bond motifs is 1. The molecule has 3 aromatic carbocycles. The van der Waals surface area contributed by atoms with Crippen LogP contribution in [0.25, 0.3) is 33.5 Å². The number of hydrogen-bond donors (Lipinski definition) is 1. The van der Waals surface area contributed by atoms with Gasteiger partial charge in [-0.05, 0) is 60.2 Å². The van der Waals surface area contributed by atoms with Gasteiger partial charge in [-0.15, -0.1) is 30.4 Å². The van der Waals surface area contributed by atoms with E-state index in [1.807, 2.05) is 66.1 Å². The van der Waals surface area contributed by atoms with Crippen LogP contribution in [-0.4, -0.2) is 71.4 Å². The summed E-state index contributed by atoms with van der Waals surface area (Å²) in [5.74, 6) is 0.572. The van der Waals surface area contributed by atoms with E-state index in [0.29, 0.717) is 23.4 Å². The van der Waals surface area contributed by atoms with Crippen molar-refractivity contribution >= 4 is 22.8 Å². The molecule has 0 amide bonds. The number of benzene rings is 3. The van der Waals surface area contributed by atoms with Gasteiger partial charge in [-0.1, -0.05) is 54.6 Å². The number of nitrogens with one attached hydrogen (secondary N) is 1. The topological polar surface area (TPSA) is 220 Å². The fourth-order valence-corrected chi connectivity index (χ4v) is 5.43. The van der Waals surface area contributed by atoms with Gasteiger partial charge in [-0.3, -0.25) is 9.59 Å². The molecule has 17 nitrogen and oxygen atoms in total. The number of imidazole rings is 1. The normalized spacial score (nSPS) is 11.6. The molecule has 0 aliphatic rings. The van der Waals surface area contributed by atoms with Gasteiger partial charge in [0.2, 0.25) is 5.82 Å². The zero-order valence-electron chi connectivity index (χ0n) is 26.4. The molecule has 0 saturated heterocycles. The van der Waals surface area contributed by atoms with E-state index >= 15 is 0 Å². The molecule has 2 heterocycles. The van der Waals surface area contributed by atoms with Gasteiger partial charge in [0.15, 0.2) is 5.78 Å². The number of rotatable bonds is 18. The summed E-state index contributed by atoms with van der Waals surface area (Å²) in [4.78, 5) is 59.6. The molecular weight excluding hydrogens is 640 g/mol. The highest BCUT2D eigenvalue weighted by Gasteiger charge is 2.19. The molecule has 1 N–H and O–H groups in total. The number of Topliss-reactive ketones (excluding diaryl/α,β-unsaturated/α-hetero) is 1. The van der Waals surface area contributed by atoms with Crippen LogP contribution in [0.4, 0.5) is 0 Å². The Morgan fingerprint density at radius 1 is 0.939 bits per heavy atom. The predicted octanol–water partition coefficient (Wildman–Crippen LogP) is 4.70. The van der Waals surface area contributed by atoms with E-state index in [2.05, 4.69) is 35.3 Å². The van der Waals surface area contributed by atoms with E-state index in [4.69, 9.17) is 4.74 Å². The highest BCUT2D eigenvalue weighted by Crippen LogP contribution is 2.30. The largest absolute Gasteiger partial charge is 0.466 e. The third kappa shape index (κ3) is 8.97. The number of H-pyrrole nitrogens is 1. The summed E-state index contributed by atoms with van der Waals surface area (Å²) in [6.07, 6.45) is -0.783. The van der Waals surface area contributed by atoms with Crippen molar-refractivity contribution in [3.05, 3.63) is 104 Å². The third-order valence-electron chi connectivity index (χ3n) is 7.70. The first-order valence-corrected chi connectivity index (χ1v) is 15.3. The van der Waals surface area contributed by atoms with Crippen molar-refractivity contribution in [1.82, 2.24) is 30.2 Å². The second kappa shape index (κ2) is 16.0. The number of aryl methyl sites for hydroxylation is 1. The molecule has 0 aliphatic carbocycles. The van der Waals surface area contributed by atoms with E-state index in [1.165, 1.54) is 0 Å². The van der Waals surface area contributed by atoms with Crippen LogP contribution in [0.3, 0.4) is 0 Å². The van der Waals surface area contributed by atoms with Crippen molar-refractivity contribution in [1.29, 1.82) is 0 Å². The molecule has 5 rings (SSSR count). The summed E-state index contributed by atoms with van der Waals surface area (Å²) in [5.41, 5.74) is 5.76. The molecule has 17 heteroatoms. The van der Waals surface area contributed by atoms with Crippen molar-refractivity contribution in [3.63, 3.8) is 0 Å². The smallest absolute Gasteiger partial charge is 0.305 e. The number of ether oxygens (including phenoxy) is 1. The molecule has 5 aromatic rings. The highest BCUT2D eigenvalue weighted by atomic mass is 17.0.